The van der Waals surface area contributed by atoms with E-state index in [0.717, 1.165) is 5.69 Å². The first-order valence-corrected chi connectivity index (χ1v) is 6.20. The number of hydrogen-bond donors (Lipinski definition) is 2. The molecule has 0 atom stereocenters. The lowest BCUT2D eigenvalue weighted by molar-refractivity contribution is -0.123. The van der Waals surface area contributed by atoms with Gasteiger partial charge in [-0.1, -0.05) is 13.8 Å². The normalized spacial score (nSPS) is 11.9. The summed E-state index contributed by atoms with van der Waals surface area (Å²) in [5.74, 6) is 0.320. The zero-order valence-corrected chi connectivity index (χ0v) is 11.9. The highest BCUT2D eigenvalue weighted by Crippen LogP contribution is 2.14. The molecule has 0 aromatic carbocycles. The van der Waals surface area contributed by atoms with Crippen molar-refractivity contribution in [2.24, 2.45) is 0 Å². The van der Waals surface area contributed by atoms with Crippen LogP contribution in [0.2, 0.25) is 0 Å². The first-order chi connectivity index (χ1) is 7.70. The highest BCUT2D eigenvalue weighted by atomic mass is 32.1. The molecule has 0 bridgehead atoms. The standard InChI is InChI=1S/C12H21N3OS/c1-8(2)9-6-13-11(17)15(9)7-10(16)14-12(3,4)5/h6,8H,7H2,1-5H3,(H,13,17)(H,14,16). The highest BCUT2D eigenvalue weighted by molar-refractivity contribution is 7.71. The van der Waals surface area contributed by atoms with Crippen LogP contribution in [0.15, 0.2) is 6.20 Å². The highest BCUT2D eigenvalue weighted by Gasteiger charge is 2.16. The Hall–Kier alpha value is -1.10. The Balaban J connectivity index is 2.85. The number of carbonyl (C=O) groups is 1. The SMILES string of the molecule is CC(C)c1c[nH]c(=S)n1CC(=O)NC(C)(C)C. The van der Waals surface area contributed by atoms with Gasteiger partial charge in [0.25, 0.3) is 0 Å². The number of aromatic nitrogens is 2. The van der Waals surface area contributed by atoms with Crippen molar-refractivity contribution in [1.82, 2.24) is 14.9 Å². The molecule has 0 unspecified atom stereocenters. The van der Waals surface area contributed by atoms with E-state index >= 15 is 0 Å². The molecule has 1 heterocycles. The van der Waals surface area contributed by atoms with E-state index < -0.39 is 0 Å². The molecule has 1 aromatic rings. The fraction of sp³-hybridized carbons (Fsp3) is 0.667. The summed E-state index contributed by atoms with van der Waals surface area (Å²) in [6.07, 6.45) is 1.87. The molecule has 17 heavy (non-hydrogen) atoms. The van der Waals surface area contributed by atoms with Gasteiger partial charge in [0.05, 0.1) is 0 Å². The molecule has 0 aliphatic heterocycles. The Bertz CT molecular complexity index is 451. The molecule has 0 fully saturated rings. The number of carbonyl (C=O) groups excluding carboxylic acids is 1. The Morgan fingerprint density at radius 3 is 2.59 bits per heavy atom. The Morgan fingerprint density at radius 1 is 1.53 bits per heavy atom. The van der Waals surface area contributed by atoms with E-state index in [-0.39, 0.29) is 18.0 Å². The lowest BCUT2D eigenvalue weighted by atomic mass is 10.1. The minimum absolute atomic E-state index is 0.0184. The van der Waals surface area contributed by atoms with Crippen molar-refractivity contribution in [3.05, 3.63) is 16.7 Å². The largest absolute Gasteiger partial charge is 0.350 e. The van der Waals surface area contributed by atoms with Crippen molar-refractivity contribution in [1.29, 1.82) is 0 Å². The lowest BCUT2D eigenvalue weighted by Crippen LogP contribution is -2.42. The van der Waals surface area contributed by atoms with E-state index in [1.54, 1.807) is 0 Å². The van der Waals surface area contributed by atoms with E-state index in [2.05, 4.69) is 24.1 Å². The maximum atomic E-state index is 11.9. The van der Waals surface area contributed by atoms with E-state index in [1.165, 1.54) is 0 Å². The first kappa shape index (κ1) is 14.0. The van der Waals surface area contributed by atoms with Gasteiger partial charge in [-0.05, 0) is 38.9 Å². The van der Waals surface area contributed by atoms with Crippen LogP contribution in [0.4, 0.5) is 0 Å². The number of rotatable bonds is 3. The van der Waals surface area contributed by atoms with E-state index in [1.807, 2.05) is 31.5 Å². The third-order valence-electron chi connectivity index (χ3n) is 2.31. The van der Waals surface area contributed by atoms with Crippen LogP contribution in [0.25, 0.3) is 0 Å². The summed E-state index contributed by atoms with van der Waals surface area (Å²) in [7, 11) is 0. The monoisotopic (exact) mass is 255 g/mol. The summed E-state index contributed by atoms with van der Waals surface area (Å²) >= 11 is 5.18. The summed E-state index contributed by atoms with van der Waals surface area (Å²) in [5, 5.41) is 2.93. The molecular formula is C12H21N3OS. The summed E-state index contributed by atoms with van der Waals surface area (Å²) in [6.45, 7) is 10.3. The molecule has 0 aliphatic carbocycles. The van der Waals surface area contributed by atoms with E-state index in [0.29, 0.717) is 10.7 Å². The molecular weight excluding hydrogens is 234 g/mol. The molecule has 96 valence electrons. The van der Waals surface area contributed by atoms with Gasteiger partial charge in [-0.15, -0.1) is 0 Å². The molecule has 1 rings (SSSR count). The Kier molecular flexibility index (Phi) is 4.14. The average Bonchev–Trinajstić information content (AvgIpc) is 2.44. The van der Waals surface area contributed by atoms with Crippen molar-refractivity contribution < 1.29 is 4.79 Å². The van der Waals surface area contributed by atoms with Gasteiger partial charge in [0, 0.05) is 17.4 Å². The fourth-order valence-electron chi connectivity index (χ4n) is 1.65. The van der Waals surface area contributed by atoms with Gasteiger partial charge in [0.2, 0.25) is 5.91 Å². The molecule has 0 saturated carbocycles. The predicted octanol–water partition coefficient (Wildman–Crippen LogP) is 2.58. The van der Waals surface area contributed by atoms with Crippen LogP contribution >= 0.6 is 12.2 Å². The molecule has 2 N–H and O–H groups in total. The van der Waals surface area contributed by atoms with Crippen LogP contribution in [0.3, 0.4) is 0 Å². The van der Waals surface area contributed by atoms with Gasteiger partial charge in [-0.3, -0.25) is 4.79 Å². The molecule has 0 saturated heterocycles. The van der Waals surface area contributed by atoms with Crippen LogP contribution in [0, 0.1) is 4.77 Å². The number of H-pyrrole nitrogens is 1. The van der Waals surface area contributed by atoms with E-state index in [9.17, 15) is 4.79 Å². The second kappa shape index (κ2) is 5.04. The summed E-state index contributed by atoms with van der Waals surface area (Å²) in [4.78, 5) is 14.8. The second-order valence-corrected chi connectivity index (χ2v) is 5.94. The number of nitrogens with one attached hydrogen (secondary N) is 2. The summed E-state index contributed by atoms with van der Waals surface area (Å²) in [6, 6.07) is 0. The molecule has 0 spiro atoms. The molecule has 0 aliphatic rings. The zero-order chi connectivity index (χ0) is 13.2. The van der Waals surface area contributed by atoms with Gasteiger partial charge in [-0.2, -0.15) is 0 Å². The number of nitrogens with zero attached hydrogens (tertiary/aromatic N) is 1. The van der Waals surface area contributed by atoms with Gasteiger partial charge in [-0.25, -0.2) is 0 Å². The second-order valence-electron chi connectivity index (χ2n) is 5.56. The summed E-state index contributed by atoms with van der Waals surface area (Å²) in [5.41, 5.74) is 0.840. The van der Waals surface area contributed by atoms with Gasteiger partial charge < -0.3 is 14.9 Å². The van der Waals surface area contributed by atoms with Gasteiger partial charge in [0.1, 0.15) is 6.54 Å². The minimum Gasteiger partial charge on any atom is -0.350 e. The fourth-order valence-corrected chi connectivity index (χ4v) is 1.88. The number of imidazole rings is 1. The van der Waals surface area contributed by atoms with Crippen LogP contribution < -0.4 is 5.32 Å². The average molecular weight is 255 g/mol. The topological polar surface area (TPSA) is 49.8 Å². The number of amides is 1. The smallest absolute Gasteiger partial charge is 0.240 e. The maximum Gasteiger partial charge on any atom is 0.240 e. The van der Waals surface area contributed by atoms with Gasteiger partial charge >= 0.3 is 0 Å². The van der Waals surface area contributed by atoms with Crippen molar-refractivity contribution >= 4 is 18.1 Å². The Labute approximate surface area is 107 Å². The predicted molar refractivity (Wildman–Crippen MR) is 71.6 cm³/mol. The van der Waals surface area contributed by atoms with Crippen LogP contribution in [-0.2, 0) is 11.3 Å². The maximum absolute atomic E-state index is 11.9. The van der Waals surface area contributed by atoms with Gasteiger partial charge in [0.15, 0.2) is 4.77 Å². The molecule has 4 nitrogen and oxygen atoms in total. The van der Waals surface area contributed by atoms with Crippen molar-refractivity contribution in [3.8, 4) is 0 Å². The lowest BCUT2D eigenvalue weighted by Gasteiger charge is -2.21. The third kappa shape index (κ3) is 4.00. The van der Waals surface area contributed by atoms with Crippen molar-refractivity contribution in [2.45, 2.75) is 52.6 Å². The van der Waals surface area contributed by atoms with Crippen molar-refractivity contribution in [3.63, 3.8) is 0 Å². The molecule has 1 aromatic heterocycles. The molecule has 5 heteroatoms. The zero-order valence-electron chi connectivity index (χ0n) is 11.1. The first-order valence-electron chi connectivity index (χ1n) is 5.80. The number of aromatic amines is 1. The Morgan fingerprint density at radius 2 is 2.12 bits per heavy atom. The van der Waals surface area contributed by atoms with Crippen LogP contribution in [0.5, 0.6) is 0 Å². The van der Waals surface area contributed by atoms with Crippen molar-refractivity contribution in [2.75, 3.05) is 0 Å². The van der Waals surface area contributed by atoms with E-state index in [4.69, 9.17) is 12.2 Å². The number of hydrogen-bond acceptors (Lipinski definition) is 2. The quantitative estimate of drug-likeness (QED) is 0.816. The third-order valence-corrected chi connectivity index (χ3v) is 2.65. The molecule has 0 radical (unpaired) electrons. The van der Waals surface area contributed by atoms with Crippen LogP contribution in [0.1, 0.15) is 46.2 Å². The molecule has 1 amide bonds. The van der Waals surface area contributed by atoms with Crippen LogP contribution in [-0.4, -0.2) is 21.0 Å². The minimum atomic E-state index is -0.215. The summed E-state index contributed by atoms with van der Waals surface area (Å²) < 4.78 is 2.44.